The number of nitrogens with zero attached hydrogens (tertiary/aromatic N) is 6. The Balaban J connectivity index is 1.64. The van der Waals surface area contributed by atoms with E-state index in [0.717, 1.165) is 20.4 Å². The number of carbonyl (C=O) groups excluding carboxylic acids is 1. The van der Waals surface area contributed by atoms with Crippen molar-refractivity contribution in [1.82, 2.24) is 24.4 Å². The van der Waals surface area contributed by atoms with Gasteiger partial charge in [-0.05, 0) is 56.4 Å². The predicted octanol–water partition coefficient (Wildman–Crippen LogP) is 4.52. The fourth-order valence-corrected chi connectivity index (χ4v) is 4.60. The molecule has 0 N–H and O–H groups in total. The second-order valence-electron chi connectivity index (χ2n) is 8.54. The van der Waals surface area contributed by atoms with Crippen molar-refractivity contribution < 1.29 is 9.53 Å². The average Bonchev–Trinajstić information content (AvgIpc) is 3.04. The van der Waals surface area contributed by atoms with Gasteiger partial charge in [-0.1, -0.05) is 11.6 Å². The molecule has 1 saturated heterocycles. The highest BCUT2D eigenvalue weighted by Gasteiger charge is 2.32. The topological polar surface area (TPSA) is 76.4 Å². The van der Waals surface area contributed by atoms with Crippen LogP contribution in [0.25, 0.3) is 16.9 Å². The number of fused-ring (bicyclic) bond motifs is 1. The molecule has 1 aliphatic heterocycles. The molecular weight excluding hydrogens is 531 g/mol. The van der Waals surface area contributed by atoms with Crippen molar-refractivity contribution in [3.05, 3.63) is 39.4 Å². The summed E-state index contributed by atoms with van der Waals surface area (Å²) in [7, 11) is 0. The Morgan fingerprint density at radius 2 is 2.03 bits per heavy atom. The Kier molecular flexibility index (Phi) is 5.99. The summed E-state index contributed by atoms with van der Waals surface area (Å²) >= 11 is 8.47. The van der Waals surface area contributed by atoms with Gasteiger partial charge in [0.1, 0.15) is 23.6 Å². The lowest BCUT2D eigenvalue weighted by Gasteiger charge is -2.41. The summed E-state index contributed by atoms with van der Waals surface area (Å²) in [5.74, 6) is 1.55. The SMILES string of the molecule is C[C@H]1CN(C(=O)OC(C)(C)C)CCN1c1ncnc2c1c(I)cn2-c1cc(Cl)ccn1. The Morgan fingerprint density at radius 1 is 1.26 bits per heavy atom. The van der Waals surface area contributed by atoms with Gasteiger partial charge in [0, 0.05) is 52.7 Å². The van der Waals surface area contributed by atoms with Crippen LogP contribution in [-0.2, 0) is 4.74 Å². The van der Waals surface area contributed by atoms with Crippen molar-refractivity contribution in [1.29, 1.82) is 0 Å². The zero-order valence-electron chi connectivity index (χ0n) is 17.8. The lowest BCUT2D eigenvalue weighted by atomic mass is 10.1. The molecule has 1 atom stereocenters. The van der Waals surface area contributed by atoms with Crippen LogP contribution in [0, 0.1) is 3.57 Å². The van der Waals surface area contributed by atoms with E-state index in [9.17, 15) is 4.79 Å². The van der Waals surface area contributed by atoms with Gasteiger partial charge in [-0.25, -0.2) is 19.7 Å². The van der Waals surface area contributed by atoms with Crippen LogP contribution in [0.5, 0.6) is 0 Å². The number of amides is 1. The first-order chi connectivity index (χ1) is 14.6. The lowest BCUT2D eigenvalue weighted by molar-refractivity contribution is 0.0218. The zero-order valence-corrected chi connectivity index (χ0v) is 20.8. The number of rotatable bonds is 2. The summed E-state index contributed by atoms with van der Waals surface area (Å²) in [6.07, 6.45) is 4.96. The van der Waals surface area contributed by atoms with Gasteiger partial charge in [-0.2, -0.15) is 0 Å². The molecule has 1 aliphatic rings. The van der Waals surface area contributed by atoms with Gasteiger partial charge in [0.2, 0.25) is 0 Å². The van der Waals surface area contributed by atoms with Gasteiger partial charge < -0.3 is 14.5 Å². The Hall–Kier alpha value is -2.14. The van der Waals surface area contributed by atoms with E-state index in [-0.39, 0.29) is 12.1 Å². The number of hydrogen-bond acceptors (Lipinski definition) is 6. The molecule has 4 rings (SSSR count). The molecule has 1 fully saturated rings. The molecule has 0 radical (unpaired) electrons. The summed E-state index contributed by atoms with van der Waals surface area (Å²) in [5, 5.41) is 1.57. The van der Waals surface area contributed by atoms with Gasteiger partial charge in [0.25, 0.3) is 0 Å². The van der Waals surface area contributed by atoms with E-state index < -0.39 is 5.60 Å². The largest absolute Gasteiger partial charge is 0.444 e. The molecule has 1 amide bonds. The van der Waals surface area contributed by atoms with Crippen LogP contribution in [0.1, 0.15) is 27.7 Å². The van der Waals surface area contributed by atoms with E-state index in [0.29, 0.717) is 30.5 Å². The Labute approximate surface area is 199 Å². The molecular formula is C21H24ClIN6O2. The number of halogens is 2. The van der Waals surface area contributed by atoms with Crippen LogP contribution in [0.15, 0.2) is 30.9 Å². The highest BCUT2D eigenvalue weighted by molar-refractivity contribution is 14.1. The summed E-state index contributed by atoms with van der Waals surface area (Å²) in [4.78, 5) is 30.0. The Morgan fingerprint density at radius 3 is 2.71 bits per heavy atom. The van der Waals surface area contributed by atoms with Crippen molar-refractivity contribution in [3.63, 3.8) is 0 Å². The summed E-state index contributed by atoms with van der Waals surface area (Å²) in [6, 6.07) is 3.62. The molecule has 0 unspecified atom stereocenters. The molecule has 0 saturated carbocycles. The van der Waals surface area contributed by atoms with Crippen LogP contribution in [0.2, 0.25) is 5.02 Å². The van der Waals surface area contributed by atoms with E-state index in [1.54, 1.807) is 29.6 Å². The molecule has 31 heavy (non-hydrogen) atoms. The summed E-state index contributed by atoms with van der Waals surface area (Å²) in [5.41, 5.74) is 0.259. The number of piperazine rings is 1. The molecule has 10 heteroatoms. The average molecular weight is 555 g/mol. The maximum Gasteiger partial charge on any atom is 0.410 e. The van der Waals surface area contributed by atoms with Crippen LogP contribution in [-0.4, -0.2) is 61.8 Å². The van der Waals surface area contributed by atoms with Gasteiger partial charge in [0.05, 0.1) is 5.39 Å². The fourth-order valence-electron chi connectivity index (χ4n) is 3.68. The van der Waals surface area contributed by atoms with Crippen LogP contribution >= 0.6 is 34.2 Å². The van der Waals surface area contributed by atoms with Gasteiger partial charge in [-0.15, -0.1) is 0 Å². The third-order valence-electron chi connectivity index (χ3n) is 5.02. The lowest BCUT2D eigenvalue weighted by Crippen LogP contribution is -2.54. The van der Waals surface area contributed by atoms with E-state index in [2.05, 4.69) is 49.4 Å². The smallest absolute Gasteiger partial charge is 0.410 e. The maximum absolute atomic E-state index is 12.5. The second kappa shape index (κ2) is 8.42. The minimum absolute atomic E-state index is 0.0720. The number of pyridine rings is 1. The first-order valence-electron chi connectivity index (χ1n) is 10.0. The van der Waals surface area contributed by atoms with Crippen LogP contribution < -0.4 is 4.90 Å². The molecule has 0 aliphatic carbocycles. The van der Waals surface area contributed by atoms with Crippen molar-refractivity contribution in [3.8, 4) is 5.82 Å². The van der Waals surface area contributed by atoms with Gasteiger partial charge in [-0.3, -0.25) is 4.57 Å². The zero-order chi connectivity index (χ0) is 22.3. The summed E-state index contributed by atoms with van der Waals surface area (Å²) < 4.78 is 8.48. The molecule has 3 aromatic rings. The monoisotopic (exact) mass is 554 g/mol. The third-order valence-corrected chi connectivity index (χ3v) is 6.08. The summed E-state index contributed by atoms with van der Waals surface area (Å²) in [6.45, 7) is 9.51. The van der Waals surface area contributed by atoms with E-state index >= 15 is 0 Å². The molecule has 0 aromatic carbocycles. The van der Waals surface area contributed by atoms with E-state index in [1.165, 1.54) is 0 Å². The van der Waals surface area contributed by atoms with E-state index in [4.69, 9.17) is 16.3 Å². The van der Waals surface area contributed by atoms with Crippen LogP contribution in [0.3, 0.4) is 0 Å². The molecule has 0 bridgehead atoms. The van der Waals surface area contributed by atoms with Crippen molar-refractivity contribution in [2.45, 2.75) is 39.3 Å². The number of anilines is 1. The minimum atomic E-state index is -0.510. The van der Waals surface area contributed by atoms with Crippen molar-refractivity contribution >= 4 is 57.1 Å². The highest BCUT2D eigenvalue weighted by Crippen LogP contribution is 2.33. The quantitative estimate of drug-likeness (QED) is 0.434. The Bertz CT molecular complexity index is 1130. The number of hydrogen-bond donors (Lipinski definition) is 0. The van der Waals surface area contributed by atoms with Crippen LogP contribution in [0.4, 0.5) is 10.6 Å². The standard InChI is InChI=1S/C21H24ClIN6O2/c1-13-10-27(20(30)31-21(2,3)4)7-8-28(13)18-17-15(23)11-29(19(17)26-12-25-18)16-9-14(22)5-6-24-16/h5-6,9,11-13H,7-8,10H2,1-4H3/t13-/m0/s1. The van der Waals surface area contributed by atoms with Gasteiger partial charge >= 0.3 is 6.09 Å². The normalized spacial score (nSPS) is 17.3. The van der Waals surface area contributed by atoms with E-state index in [1.807, 2.05) is 31.5 Å². The molecule has 0 spiro atoms. The van der Waals surface area contributed by atoms with Gasteiger partial charge in [0.15, 0.2) is 5.65 Å². The molecule has 4 heterocycles. The third kappa shape index (κ3) is 4.57. The first kappa shape index (κ1) is 22.1. The van der Waals surface area contributed by atoms with Crippen molar-refractivity contribution in [2.75, 3.05) is 24.5 Å². The molecule has 3 aromatic heterocycles. The maximum atomic E-state index is 12.5. The number of ether oxygens (including phenoxy) is 1. The fraction of sp³-hybridized carbons (Fsp3) is 0.429. The second-order valence-corrected chi connectivity index (χ2v) is 10.1. The number of aromatic nitrogens is 4. The first-order valence-corrected chi connectivity index (χ1v) is 11.5. The number of carbonyl (C=O) groups is 1. The molecule has 164 valence electrons. The predicted molar refractivity (Wildman–Crippen MR) is 129 cm³/mol. The van der Waals surface area contributed by atoms with Crippen molar-refractivity contribution in [2.24, 2.45) is 0 Å². The highest BCUT2D eigenvalue weighted by atomic mass is 127. The molecule has 8 nitrogen and oxygen atoms in total. The minimum Gasteiger partial charge on any atom is -0.444 e.